The van der Waals surface area contributed by atoms with Gasteiger partial charge in [-0.25, -0.2) is 0 Å². The van der Waals surface area contributed by atoms with E-state index in [9.17, 15) is 0 Å². The molecule has 0 aliphatic rings. The van der Waals surface area contributed by atoms with E-state index in [1.807, 2.05) is 0 Å². The van der Waals surface area contributed by atoms with Gasteiger partial charge in [0.15, 0.2) is 0 Å². The molecule has 0 fully saturated rings. The van der Waals surface area contributed by atoms with Crippen LogP contribution in [-0.4, -0.2) is 13.7 Å². The van der Waals surface area contributed by atoms with Crippen LogP contribution in [0.2, 0.25) is 0 Å². The average Bonchev–Trinajstić information content (AvgIpc) is 2.15. The zero-order valence-electron chi connectivity index (χ0n) is 8.55. The van der Waals surface area contributed by atoms with Crippen molar-refractivity contribution in [2.24, 2.45) is 0 Å². The molecule has 0 amide bonds. The maximum absolute atomic E-state index is 5.01. The minimum Gasteiger partial charge on any atom is -0.385 e. The van der Waals surface area contributed by atoms with Crippen molar-refractivity contribution in [3.05, 3.63) is 35.4 Å². The van der Waals surface area contributed by atoms with Crippen LogP contribution in [0.1, 0.15) is 24.0 Å². The number of methoxy groups -OCH3 is 1. The highest BCUT2D eigenvalue weighted by Crippen LogP contribution is 2.10. The Kier molecular flexibility index (Phi) is 4.55. The van der Waals surface area contributed by atoms with Crippen molar-refractivity contribution in [3.63, 3.8) is 0 Å². The molecule has 1 nitrogen and oxygen atoms in total. The fourth-order valence-electron chi connectivity index (χ4n) is 1.45. The molecule has 1 aromatic carbocycles. The third-order valence-electron chi connectivity index (χ3n) is 2.31. The second-order valence-electron chi connectivity index (χ2n) is 3.38. The number of benzene rings is 1. The Bertz CT molecular complexity index is 243. The van der Waals surface area contributed by atoms with E-state index < -0.39 is 0 Å². The quantitative estimate of drug-likeness (QED) is 0.630. The minimum atomic E-state index is 0.881. The normalized spacial score (nSPS) is 10.3. The predicted molar refractivity (Wildman–Crippen MR) is 56.0 cm³/mol. The minimum absolute atomic E-state index is 0.881. The first-order valence-corrected chi connectivity index (χ1v) is 4.88. The lowest BCUT2D eigenvalue weighted by atomic mass is 10.0. The molecular weight excluding hydrogens is 160 g/mol. The molecule has 0 saturated heterocycles. The van der Waals surface area contributed by atoms with E-state index >= 15 is 0 Å². The second kappa shape index (κ2) is 5.76. The Morgan fingerprint density at radius 2 is 1.92 bits per heavy atom. The molecule has 1 aromatic rings. The fourth-order valence-corrected chi connectivity index (χ4v) is 1.45. The summed E-state index contributed by atoms with van der Waals surface area (Å²) in [6, 6.07) is 8.58. The lowest BCUT2D eigenvalue weighted by molar-refractivity contribution is 0.193. The third kappa shape index (κ3) is 3.60. The van der Waals surface area contributed by atoms with Gasteiger partial charge in [-0.3, -0.25) is 0 Å². The van der Waals surface area contributed by atoms with Crippen LogP contribution in [0, 0.1) is 6.92 Å². The number of rotatable bonds is 5. The lowest BCUT2D eigenvalue weighted by Crippen LogP contribution is -1.93. The van der Waals surface area contributed by atoms with E-state index in [1.54, 1.807) is 7.11 Å². The Morgan fingerprint density at radius 1 is 1.15 bits per heavy atom. The molecular formula is C12H18O. The molecule has 72 valence electrons. The zero-order valence-corrected chi connectivity index (χ0v) is 8.55. The molecule has 0 atom stereocenters. The summed E-state index contributed by atoms with van der Waals surface area (Å²) in [5.74, 6) is 0. The lowest BCUT2D eigenvalue weighted by Gasteiger charge is -2.04. The molecule has 0 N–H and O–H groups in total. The van der Waals surface area contributed by atoms with Gasteiger partial charge in [-0.2, -0.15) is 0 Å². The molecule has 0 spiro atoms. The van der Waals surface area contributed by atoms with Gasteiger partial charge in [0.05, 0.1) is 0 Å². The zero-order chi connectivity index (χ0) is 9.52. The SMILES string of the molecule is COCCCCc1ccccc1C. The fraction of sp³-hybridized carbons (Fsp3) is 0.500. The Morgan fingerprint density at radius 3 is 2.62 bits per heavy atom. The molecule has 0 unspecified atom stereocenters. The largest absolute Gasteiger partial charge is 0.385 e. The molecule has 0 heterocycles. The average molecular weight is 178 g/mol. The van der Waals surface area contributed by atoms with Crippen molar-refractivity contribution in [2.75, 3.05) is 13.7 Å². The number of unbranched alkanes of at least 4 members (excludes halogenated alkanes) is 1. The summed E-state index contributed by atoms with van der Waals surface area (Å²) in [6.45, 7) is 3.05. The van der Waals surface area contributed by atoms with Crippen molar-refractivity contribution in [2.45, 2.75) is 26.2 Å². The first kappa shape index (κ1) is 10.3. The van der Waals surface area contributed by atoms with Gasteiger partial charge in [-0.05, 0) is 37.3 Å². The number of aryl methyl sites for hydroxylation is 2. The molecule has 13 heavy (non-hydrogen) atoms. The molecule has 0 aromatic heterocycles. The van der Waals surface area contributed by atoms with E-state index in [1.165, 1.54) is 24.0 Å². The van der Waals surface area contributed by atoms with E-state index in [2.05, 4.69) is 31.2 Å². The summed E-state index contributed by atoms with van der Waals surface area (Å²) in [5, 5.41) is 0. The van der Waals surface area contributed by atoms with Crippen LogP contribution < -0.4 is 0 Å². The molecule has 0 aliphatic heterocycles. The topological polar surface area (TPSA) is 9.23 Å². The van der Waals surface area contributed by atoms with Crippen LogP contribution in [0.4, 0.5) is 0 Å². The summed E-state index contributed by atoms with van der Waals surface area (Å²) in [5.41, 5.74) is 2.87. The molecule has 0 radical (unpaired) electrons. The highest BCUT2D eigenvalue weighted by Gasteiger charge is 1.95. The van der Waals surface area contributed by atoms with Crippen molar-refractivity contribution in [1.29, 1.82) is 0 Å². The van der Waals surface area contributed by atoms with Crippen molar-refractivity contribution in [1.82, 2.24) is 0 Å². The van der Waals surface area contributed by atoms with Gasteiger partial charge < -0.3 is 4.74 Å². The monoisotopic (exact) mass is 178 g/mol. The molecule has 0 saturated carbocycles. The van der Waals surface area contributed by atoms with E-state index in [0.29, 0.717) is 0 Å². The van der Waals surface area contributed by atoms with E-state index in [0.717, 1.165) is 13.0 Å². The molecule has 0 bridgehead atoms. The van der Waals surface area contributed by atoms with Gasteiger partial charge in [0.1, 0.15) is 0 Å². The number of hydrogen-bond donors (Lipinski definition) is 0. The van der Waals surface area contributed by atoms with Crippen LogP contribution in [0.5, 0.6) is 0 Å². The first-order chi connectivity index (χ1) is 6.34. The highest BCUT2D eigenvalue weighted by molar-refractivity contribution is 5.25. The van der Waals surface area contributed by atoms with Gasteiger partial charge in [-0.1, -0.05) is 24.3 Å². The van der Waals surface area contributed by atoms with E-state index in [4.69, 9.17) is 4.74 Å². The highest BCUT2D eigenvalue weighted by atomic mass is 16.5. The maximum Gasteiger partial charge on any atom is 0.0462 e. The van der Waals surface area contributed by atoms with Gasteiger partial charge in [0.2, 0.25) is 0 Å². The second-order valence-corrected chi connectivity index (χ2v) is 3.38. The van der Waals surface area contributed by atoms with Gasteiger partial charge in [0.25, 0.3) is 0 Å². The first-order valence-electron chi connectivity index (χ1n) is 4.88. The van der Waals surface area contributed by atoms with Crippen LogP contribution in [-0.2, 0) is 11.2 Å². The van der Waals surface area contributed by atoms with Gasteiger partial charge in [0, 0.05) is 13.7 Å². The van der Waals surface area contributed by atoms with E-state index in [-0.39, 0.29) is 0 Å². The summed E-state index contributed by atoms with van der Waals surface area (Å²) in [4.78, 5) is 0. The molecule has 1 heteroatoms. The Balaban J connectivity index is 2.32. The standard InChI is InChI=1S/C12H18O/c1-11-7-3-4-8-12(11)9-5-6-10-13-2/h3-4,7-8H,5-6,9-10H2,1-2H3. The van der Waals surface area contributed by atoms with Crippen molar-refractivity contribution in [3.8, 4) is 0 Å². The van der Waals surface area contributed by atoms with Gasteiger partial charge >= 0.3 is 0 Å². The Labute approximate surface area is 80.7 Å². The number of ether oxygens (including phenoxy) is 1. The summed E-state index contributed by atoms with van der Waals surface area (Å²) in [6.07, 6.45) is 3.56. The third-order valence-corrected chi connectivity index (χ3v) is 2.31. The molecule has 1 rings (SSSR count). The van der Waals surface area contributed by atoms with Crippen LogP contribution >= 0.6 is 0 Å². The smallest absolute Gasteiger partial charge is 0.0462 e. The summed E-state index contributed by atoms with van der Waals surface area (Å²) >= 11 is 0. The summed E-state index contributed by atoms with van der Waals surface area (Å²) < 4.78 is 5.01. The number of hydrogen-bond acceptors (Lipinski definition) is 1. The van der Waals surface area contributed by atoms with Crippen LogP contribution in [0.3, 0.4) is 0 Å². The van der Waals surface area contributed by atoms with Crippen molar-refractivity contribution >= 4 is 0 Å². The summed E-state index contributed by atoms with van der Waals surface area (Å²) in [7, 11) is 1.76. The van der Waals surface area contributed by atoms with Gasteiger partial charge in [-0.15, -0.1) is 0 Å². The van der Waals surface area contributed by atoms with Crippen LogP contribution in [0.25, 0.3) is 0 Å². The Hall–Kier alpha value is -0.820. The van der Waals surface area contributed by atoms with Crippen molar-refractivity contribution < 1.29 is 4.74 Å². The maximum atomic E-state index is 5.01. The molecule has 0 aliphatic carbocycles. The van der Waals surface area contributed by atoms with Crippen LogP contribution in [0.15, 0.2) is 24.3 Å². The predicted octanol–water partition coefficient (Wildman–Crippen LogP) is 2.96.